The van der Waals surface area contributed by atoms with Gasteiger partial charge in [0.15, 0.2) is 0 Å². The average Bonchev–Trinajstić information content (AvgIpc) is 3.28. The Kier molecular flexibility index (Phi) is 5.25. The first-order valence-corrected chi connectivity index (χ1v) is 7.15. The zero-order valence-electron chi connectivity index (χ0n) is 12.4. The van der Waals surface area contributed by atoms with Crippen molar-refractivity contribution in [2.45, 2.75) is 32.0 Å². The van der Waals surface area contributed by atoms with Crippen molar-refractivity contribution in [3.05, 3.63) is 24.3 Å². The largest absolute Gasteiger partial charge is 0.411 e. The Hall–Kier alpha value is -2.09. The minimum atomic E-state index is -4.48. The summed E-state index contributed by atoms with van der Waals surface area (Å²) in [6.07, 6.45) is -3.99. The summed E-state index contributed by atoms with van der Waals surface area (Å²) < 4.78 is 40.6. The summed E-state index contributed by atoms with van der Waals surface area (Å²) in [7, 11) is 0. The molecule has 126 valence electrons. The summed E-state index contributed by atoms with van der Waals surface area (Å²) in [5.74, 6) is -0.723. The van der Waals surface area contributed by atoms with Gasteiger partial charge < -0.3 is 15.4 Å². The van der Waals surface area contributed by atoms with Gasteiger partial charge >= 0.3 is 6.18 Å². The molecule has 0 aromatic heterocycles. The molecule has 1 atom stereocenters. The maximum Gasteiger partial charge on any atom is 0.411 e. The third kappa shape index (κ3) is 5.90. The minimum absolute atomic E-state index is 0.0454. The number of hydrogen-bond donors (Lipinski definition) is 2. The first kappa shape index (κ1) is 17.3. The quantitative estimate of drug-likeness (QED) is 0.843. The Labute approximate surface area is 131 Å². The van der Waals surface area contributed by atoms with E-state index in [2.05, 4.69) is 15.4 Å². The number of carbonyl (C=O) groups excluding carboxylic acids is 2. The number of ether oxygens (including phenoxy) is 1. The lowest BCUT2D eigenvalue weighted by Crippen LogP contribution is -2.31. The van der Waals surface area contributed by atoms with Crippen molar-refractivity contribution in [2.24, 2.45) is 5.92 Å². The molecule has 0 spiro atoms. The maximum atomic E-state index is 12.1. The molecule has 1 aromatic rings. The zero-order valence-corrected chi connectivity index (χ0v) is 12.4. The molecule has 0 bridgehead atoms. The molecule has 0 aliphatic heterocycles. The standard InChI is InChI=1S/C15H17F3N2O3/c1-9(23-8-15(16,17)18)13(21)19-11-3-2-4-12(7-11)20-14(22)10-5-6-10/h2-4,7,9-10H,5-6,8H2,1H3,(H,19,21)(H,20,22)/t9-/m0/s1. The van der Waals surface area contributed by atoms with Crippen molar-refractivity contribution in [1.29, 1.82) is 0 Å². The fraction of sp³-hybridized carbons (Fsp3) is 0.467. The second-order valence-corrected chi connectivity index (χ2v) is 5.40. The van der Waals surface area contributed by atoms with Crippen molar-refractivity contribution in [2.75, 3.05) is 17.2 Å². The molecule has 8 heteroatoms. The predicted octanol–water partition coefficient (Wildman–Crippen LogP) is 2.94. The van der Waals surface area contributed by atoms with Crippen LogP contribution in [0.25, 0.3) is 0 Å². The van der Waals surface area contributed by atoms with E-state index in [1.807, 2.05) is 0 Å². The lowest BCUT2D eigenvalue weighted by Gasteiger charge is -2.15. The molecule has 0 heterocycles. The van der Waals surface area contributed by atoms with E-state index >= 15 is 0 Å². The van der Waals surface area contributed by atoms with E-state index < -0.39 is 24.8 Å². The second-order valence-electron chi connectivity index (χ2n) is 5.40. The van der Waals surface area contributed by atoms with E-state index in [0.29, 0.717) is 11.4 Å². The number of nitrogens with one attached hydrogen (secondary N) is 2. The van der Waals surface area contributed by atoms with E-state index in [4.69, 9.17) is 0 Å². The Balaban J connectivity index is 1.88. The van der Waals surface area contributed by atoms with E-state index in [-0.39, 0.29) is 11.8 Å². The normalized spacial score (nSPS) is 15.8. The molecular formula is C15H17F3N2O3. The van der Waals surface area contributed by atoms with Gasteiger partial charge in [-0.15, -0.1) is 0 Å². The topological polar surface area (TPSA) is 67.4 Å². The Morgan fingerprint density at radius 1 is 1.26 bits per heavy atom. The van der Waals surface area contributed by atoms with Gasteiger partial charge in [-0.25, -0.2) is 0 Å². The number of anilines is 2. The smallest absolute Gasteiger partial charge is 0.359 e. The summed E-state index contributed by atoms with van der Waals surface area (Å²) in [5.41, 5.74) is 0.884. The molecule has 1 fully saturated rings. The highest BCUT2D eigenvalue weighted by Crippen LogP contribution is 2.30. The van der Waals surface area contributed by atoms with Crippen LogP contribution in [0.3, 0.4) is 0 Å². The molecule has 2 amide bonds. The van der Waals surface area contributed by atoms with Crippen molar-refractivity contribution in [1.82, 2.24) is 0 Å². The van der Waals surface area contributed by atoms with Gasteiger partial charge in [0.2, 0.25) is 5.91 Å². The molecule has 1 aromatic carbocycles. The lowest BCUT2D eigenvalue weighted by atomic mass is 10.2. The maximum absolute atomic E-state index is 12.1. The van der Waals surface area contributed by atoms with Crippen LogP contribution in [0.4, 0.5) is 24.5 Å². The van der Waals surface area contributed by atoms with Crippen molar-refractivity contribution in [3.8, 4) is 0 Å². The molecule has 0 saturated heterocycles. The highest BCUT2D eigenvalue weighted by atomic mass is 19.4. The van der Waals surface area contributed by atoms with E-state index in [1.165, 1.54) is 13.0 Å². The third-order valence-corrected chi connectivity index (χ3v) is 3.21. The van der Waals surface area contributed by atoms with Gasteiger partial charge in [-0.05, 0) is 38.0 Å². The SMILES string of the molecule is C[C@H](OCC(F)(F)F)C(=O)Nc1cccc(NC(=O)C2CC2)c1. The fourth-order valence-electron chi connectivity index (χ4n) is 1.80. The molecule has 0 unspecified atom stereocenters. The number of amides is 2. The molecule has 5 nitrogen and oxygen atoms in total. The number of alkyl halides is 3. The van der Waals surface area contributed by atoms with Crippen LogP contribution in [0.15, 0.2) is 24.3 Å². The van der Waals surface area contributed by atoms with Crippen LogP contribution in [-0.2, 0) is 14.3 Å². The first-order chi connectivity index (χ1) is 10.7. The molecule has 1 saturated carbocycles. The number of benzene rings is 1. The van der Waals surface area contributed by atoms with E-state index in [9.17, 15) is 22.8 Å². The summed E-state index contributed by atoms with van der Waals surface area (Å²) in [5, 5.41) is 5.18. The van der Waals surface area contributed by atoms with Gasteiger partial charge in [-0.1, -0.05) is 6.07 Å². The van der Waals surface area contributed by atoms with Crippen LogP contribution in [0, 0.1) is 5.92 Å². The van der Waals surface area contributed by atoms with Gasteiger partial charge in [-0.2, -0.15) is 13.2 Å². The van der Waals surface area contributed by atoms with Crippen LogP contribution >= 0.6 is 0 Å². The van der Waals surface area contributed by atoms with E-state index in [1.54, 1.807) is 18.2 Å². The minimum Gasteiger partial charge on any atom is -0.359 e. The Bertz CT molecular complexity index is 586. The van der Waals surface area contributed by atoms with Gasteiger partial charge in [0.1, 0.15) is 12.7 Å². The zero-order chi connectivity index (χ0) is 17.0. The van der Waals surface area contributed by atoms with E-state index in [0.717, 1.165) is 12.8 Å². The summed E-state index contributed by atoms with van der Waals surface area (Å²) in [6, 6.07) is 6.40. The van der Waals surface area contributed by atoms with Crippen molar-refractivity contribution >= 4 is 23.2 Å². The number of hydrogen-bond acceptors (Lipinski definition) is 3. The van der Waals surface area contributed by atoms with Crippen LogP contribution in [0.2, 0.25) is 0 Å². The van der Waals surface area contributed by atoms with Crippen molar-refractivity contribution < 1.29 is 27.5 Å². The highest BCUT2D eigenvalue weighted by Gasteiger charge is 2.30. The van der Waals surface area contributed by atoms with Crippen LogP contribution in [-0.4, -0.2) is 30.7 Å². The number of halogens is 3. The van der Waals surface area contributed by atoms with Crippen LogP contribution in [0.5, 0.6) is 0 Å². The van der Waals surface area contributed by atoms with Gasteiger partial charge in [-0.3, -0.25) is 9.59 Å². The molecule has 1 aliphatic carbocycles. The second kappa shape index (κ2) is 6.99. The molecule has 0 radical (unpaired) electrons. The molecule has 2 N–H and O–H groups in total. The highest BCUT2D eigenvalue weighted by molar-refractivity contribution is 5.96. The molecular weight excluding hydrogens is 313 g/mol. The van der Waals surface area contributed by atoms with Gasteiger partial charge in [0, 0.05) is 17.3 Å². The van der Waals surface area contributed by atoms with Crippen molar-refractivity contribution in [3.63, 3.8) is 0 Å². The fourth-order valence-corrected chi connectivity index (χ4v) is 1.80. The number of carbonyl (C=O) groups is 2. The molecule has 2 rings (SSSR count). The summed E-state index contributed by atoms with van der Waals surface area (Å²) >= 11 is 0. The monoisotopic (exact) mass is 330 g/mol. The van der Waals surface area contributed by atoms with Crippen LogP contribution in [0.1, 0.15) is 19.8 Å². The lowest BCUT2D eigenvalue weighted by molar-refractivity contribution is -0.184. The average molecular weight is 330 g/mol. The molecule has 23 heavy (non-hydrogen) atoms. The number of rotatable bonds is 6. The Morgan fingerprint density at radius 2 is 1.87 bits per heavy atom. The summed E-state index contributed by atoms with van der Waals surface area (Å²) in [6.45, 7) is -0.251. The van der Waals surface area contributed by atoms with Crippen LogP contribution < -0.4 is 10.6 Å². The van der Waals surface area contributed by atoms with Gasteiger partial charge in [0.25, 0.3) is 5.91 Å². The summed E-state index contributed by atoms with van der Waals surface area (Å²) in [4.78, 5) is 23.5. The first-order valence-electron chi connectivity index (χ1n) is 7.15. The Morgan fingerprint density at radius 3 is 2.43 bits per heavy atom. The van der Waals surface area contributed by atoms with Gasteiger partial charge in [0.05, 0.1) is 0 Å². The third-order valence-electron chi connectivity index (χ3n) is 3.21. The molecule has 1 aliphatic rings. The predicted molar refractivity (Wildman–Crippen MR) is 77.9 cm³/mol.